The van der Waals surface area contributed by atoms with E-state index in [0.29, 0.717) is 5.57 Å². The Hall–Kier alpha value is -2.38. The molecule has 4 N–H and O–H groups in total. The molecule has 20 heavy (non-hydrogen) atoms. The van der Waals surface area contributed by atoms with Gasteiger partial charge in [-0.1, -0.05) is 6.58 Å². The predicted molar refractivity (Wildman–Crippen MR) is 68.8 cm³/mol. The lowest BCUT2D eigenvalue weighted by Crippen LogP contribution is -2.36. The van der Waals surface area contributed by atoms with E-state index in [2.05, 4.69) is 17.2 Å². The van der Waals surface area contributed by atoms with Crippen LogP contribution in [0.15, 0.2) is 12.2 Å². The van der Waals surface area contributed by atoms with Crippen LogP contribution in [0.2, 0.25) is 0 Å². The monoisotopic (exact) mass is 286 g/mol. The minimum absolute atomic E-state index is 0.0293. The van der Waals surface area contributed by atoms with Gasteiger partial charge in [0.25, 0.3) is 0 Å². The molecule has 1 atom stereocenters. The average Bonchev–Trinajstić information content (AvgIpc) is 2.33. The first-order chi connectivity index (χ1) is 9.23. The lowest BCUT2D eigenvalue weighted by molar-refractivity contribution is -0.148. The summed E-state index contributed by atoms with van der Waals surface area (Å²) in [7, 11) is 0. The number of carbonyl (C=O) groups excluding carboxylic acids is 2. The summed E-state index contributed by atoms with van der Waals surface area (Å²) in [6.45, 7) is 4.77. The molecule has 112 valence electrons. The largest absolute Gasteiger partial charge is 0.481 e. The Labute approximate surface area is 115 Å². The first-order valence-corrected chi connectivity index (χ1v) is 5.89. The molecule has 0 bridgehead atoms. The molecule has 0 aromatic rings. The van der Waals surface area contributed by atoms with E-state index in [4.69, 9.17) is 10.2 Å². The van der Waals surface area contributed by atoms with E-state index in [1.807, 2.05) is 0 Å². The molecule has 0 fully saturated rings. The number of nitrogens with one attached hydrogen (secondary N) is 2. The van der Waals surface area contributed by atoms with Crippen LogP contribution < -0.4 is 10.6 Å². The smallest absolute Gasteiger partial charge is 0.308 e. The number of carboxylic acids is 2. The number of rotatable bonds is 9. The third-order valence-electron chi connectivity index (χ3n) is 2.34. The van der Waals surface area contributed by atoms with E-state index >= 15 is 0 Å². The highest BCUT2D eigenvalue weighted by molar-refractivity contribution is 5.92. The van der Waals surface area contributed by atoms with Crippen molar-refractivity contribution in [3.8, 4) is 0 Å². The molecule has 1 unspecified atom stereocenters. The Balaban J connectivity index is 4.02. The molecule has 0 spiro atoms. The summed E-state index contributed by atoms with van der Waals surface area (Å²) < 4.78 is 0. The van der Waals surface area contributed by atoms with Gasteiger partial charge in [-0.2, -0.15) is 0 Å². The molecule has 0 saturated carbocycles. The summed E-state index contributed by atoms with van der Waals surface area (Å²) in [5.41, 5.74) is 0.317. The number of hydrogen-bond donors (Lipinski definition) is 4. The highest BCUT2D eigenvalue weighted by atomic mass is 16.4. The second kappa shape index (κ2) is 8.68. The van der Waals surface area contributed by atoms with Crippen LogP contribution >= 0.6 is 0 Å². The lowest BCUT2D eigenvalue weighted by atomic mass is 10.1. The normalized spacial score (nSPS) is 11.2. The number of hydrogen-bond acceptors (Lipinski definition) is 4. The van der Waals surface area contributed by atoms with Crippen molar-refractivity contribution in [2.45, 2.75) is 19.8 Å². The quantitative estimate of drug-likeness (QED) is 0.417. The highest BCUT2D eigenvalue weighted by Gasteiger charge is 2.21. The zero-order valence-corrected chi connectivity index (χ0v) is 11.1. The molecule has 8 heteroatoms. The molecule has 0 aliphatic heterocycles. The Bertz CT molecular complexity index is 418. The van der Waals surface area contributed by atoms with Gasteiger partial charge in [0.1, 0.15) is 0 Å². The molecule has 0 aliphatic rings. The fourth-order valence-electron chi connectivity index (χ4n) is 1.22. The molecule has 0 heterocycles. The lowest BCUT2D eigenvalue weighted by Gasteiger charge is -2.11. The molecule has 2 amide bonds. The zero-order valence-electron chi connectivity index (χ0n) is 11.1. The van der Waals surface area contributed by atoms with Gasteiger partial charge in [0.15, 0.2) is 0 Å². The first-order valence-electron chi connectivity index (χ1n) is 5.89. The van der Waals surface area contributed by atoms with Crippen LogP contribution in [0.25, 0.3) is 0 Å². The SMILES string of the molecule is C=C(C)C(=O)NCCC(=O)NCC(CC(=O)O)C(=O)O. The first kappa shape index (κ1) is 17.6. The van der Waals surface area contributed by atoms with Gasteiger partial charge in [-0.05, 0) is 6.92 Å². The van der Waals surface area contributed by atoms with Crippen LogP contribution in [0.4, 0.5) is 0 Å². The van der Waals surface area contributed by atoms with Crippen molar-refractivity contribution < 1.29 is 29.4 Å². The van der Waals surface area contributed by atoms with Gasteiger partial charge in [0, 0.05) is 25.1 Å². The average molecular weight is 286 g/mol. The van der Waals surface area contributed by atoms with E-state index in [1.165, 1.54) is 6.92 Å². The number of carboxylic acid groups (broad SMARTS) is 2. The van der Waals surface area contributed by atoms with Gasteiger partial charge < -0.3 is 20.8 Å². The van der Waals surface area contributed by atoms with Crippen LogP contribution in [0.3, 0.4) is 0 Å². The second-order valence-corrected chi connectivity index (χ2v) is 4.22. The molecule has 0 aromatic heterocycles. The Morgan fingerprint density at radius 3 is 2.20 bits per heavy atom. The predicted octanol–water partition coefficient (Wildman–Crippen LogP) is -0.639. The van der Waals surface area contributed by atoms with Crippen molar-refractivity contribution >= 4 is 23.8 Å². The fraction of sp³-hybridized carbons (Fsp3) is 0.500. The highest BCUT2D eigenvalue weighted by Crippen LogP contribution is 2.02. The van der Waals surface area contributed by atoms with Crippen LogP contribution in [-0.4, -0.2) is 47.1 Å². The van der Waals surface area contributed by atoms with Crippen molar-refractivity contribution in [3.63, 3.8) is 0 Å². The number of aliphatic carboxylic acids is 2. The summed E-state index contributed by atoms with van der Waals surface area (Å²) in [4.78, 5) is 43.7. The van der Waals surface area contributed by atoms with Crippen molar-refractivity contribution in [2.75, 3.05) is 13.1 Å². The van der Waals surface area contributed by atoms with Crippen molar-refractivity contribution in [2.24, 2.45) is 5.92 Å². The summed E-state index contributed by atoms with van der Waals surface area (Å²) in [6, 6.07) is 0. The van der Waals surface area contributed by atoms with E-state index in [-0.39, 0.29) is 25.4 Å². The van der Waals surface area contributed by atoms with E-state index in [9.17, 15) is 19.2 Å². The van der Waals surface area contributed by atoms with Crippen LogP contribution in [0.1, 0.15) is 19.8 Å². The van der Waals surface area contributed by atoms with Gasteiger partial charge in [-0.15, -0.1) is 0 Å². The van der Waals surface area contributed by atoms with E-state index < -0.39 is 30.2 Å². The Morgan fingerprint density at radius 2 is 1.75 bits per heavy atom. The number of carbonyl (C=O) groups is 4. The molecular weight excluding hydrogens is 268 g/mol. The minimum atomic E-state index is -1.29. The maximum absolute atomic E-state index is 11.4. The summed E-state index contributed by atoms with van der Waals surface area (Å²) in [5.74, 6) is -4.55. The van der Waals surface area contributed by atoms with Crippen LogP contribution in [0.5, 0.6) is 0 Å². The molecule has 0 saturated heterocycles. The summed E-state index contributed by atoms with van der Waals surface area (Å²) >= 11 is 0. The van der Waals surface area contributed by atoms with E-state index in [0.717, 1.165) is 0 Å². The maximum Gasteiger partial charge on any atom is 0.308 e. The third kappa shape index (κ3) is 7.85. The molecule has 0 aromatic carbocycles. The zero-order chi connectivity index (χ0) is 15.7. The summed E-state index contributed by atoms with van der Waals surface area (Å²) in [6.07, 6.45) is -0.597. The third-order valence-corrected chi connectivity index (χ3v) is 2.34. The Kier molecular flexibility index (Phi) is 7.64. The van der Waals surface area contributed by atoms with Gasteiger partial charge in [-0.3, -0.25) is 19.2 Å². The van der Waals surface area contributed by atoms with Gasteiger partial charge >= 0.3 is 11.9 Å². The molecule has 0 radical (unpaired) electrons. The fourth-order valence-corrected chi connectivity index (χ4v) is 1.22. The maximum atomic E-state index is 11.4. The second-order valence-electron chi connectivity index (χ2n) is 4.22. The van der Waals surface area contributed by atoms with Crippen molar-refractivity contribution in [1.82, 2.24) is 10.6 Å². The van der Waals surface area contributed by atoms with Crippen LogP contribution in [0, 0.1) is 5.92 Å². The van der Waals surface area contributed by atoms with Crippen molar-refractivity contribution in [1.29, 1.82) is 0 Å². The van der Waals surface area contributed by atoms with Crippen LogP contribution in [-0.2, 0) is 19.2 Å². The molecule has 8 nitrogen and oxygen atoms in total. The standard InChI is InChI=1S/C12H18N2O6/c1-7(2)11(18)13-4-3-9(15)14-6-8(12(19)20)5-10(16)17/h8H,1,3-6H2,2H3,(H,13,18)(H,14,15)(H,16,17)(H,19,20). The van der Waals surface area contributed by atoms with Gasteiger partial charge in [-0.25, -0.2) is 0 Å². The molecule has 0 rings (SSSR count). The van der Waals surface area contributed by atoms with Gasteiger partial charge in [0.05, 0.1) is 12.3 Å². The summed E-state index contributed by atoms with van der Waals surface area (Å²) in [5, 5.41) is 22.0. The minimum Gasteiger partial charge on any atom is -0.481 e. The molecule has 0 aliphatic carbocycles. The van der Waals surface area contributed by atoms with E-state index in [1.54, 1.807) is 0 Å². The topological polar surface area (TPSA) is 133 Å². The van der Waals surface area contributed by atoms with Gasteiger partial charge in [0.2, 0.25) is 11.8 Å². The van der Waals surface area contributed by atoms with Crippen molar-refractivity contribution in [3.05, 3.63) is 12.2 Å². The molecular formula is C12H18N2O6. The number of amides is 2. The Morgan fingerprint density at radius 1 is 1.15 bits per heavy atom.